The summed E-state index contributed by atoms with van der Waals surface area (Å²) in [5.41, 5.74) is -0.731. The molecule has 7 nitrogen and oxygen atoms in total. The van der Waals surface area contributed by atoms with Crippen molar-refractivity contribution in [1.82, 2.24) is 24.7 Å². The lowest BCUT2D eigenvalue weighted by molar-refractivity contribution is -0.137. The Kier molecular flexibility index (Phi) is 8.56. The summed E-state index contributed by atoms with van der Waals surface area (Å²) in [7, 11) is 4.07. The van der Waals surface area contributed by atoms with Crippen molar-refractivity contribution in [3.8, 4) is 5.75 Å². The van der Waals surface area contributed by atoms with Gasteiger partial charge >= 0.3 is 6.18 Å². The smallest absolute Gasteiger partial charge is 0.416 e. The molecule has 198 valence electrons. The highest BCUT2D eigenvalue weighted by Gasteiger charge is 2.33. The summed E-state index contributed by atoms with van der Waals surface area (Å²) < 4.78 is 47.0. The average Bonchev–Trinajstić information content (AvgIpc) is 3.44. The van der Waals surface area contributed by atoms with Gasteiger partial charge in [0.05, 0.1) is 24.6 Å². The Labute approximate surface area is 210 Å². The summed E-state index contributed by atoms with van der Waals surface area (Å²) in [4.78, 5) is 22.1. The average molecular weight is 508 g/mol. The van der Waals surface area contributed by atoms with E-state index in [0.29, 0.717) is 38.6 Å². The van der Waals surface area contributed by atoms with E-state index in [4.69, 9.17) is 4.74 Å². The first-order valence-electron chi connectivity index (χ1n) is 12.7. The molecule has 0 radical (unpaired) electrons. The first kappa shape index (κ1) is 26.5. The molecule has 1 aromatic heterocycles. The Bertz CT molecular complexity index is 1010. The molecule has 2 fully saturated rings. The second-order valence-electron chi connectivity index (χ2n) is 10.1. The monoisotopic (exact) mass is 507 g/mol. The van der Waals surface area contributed by atoms with Crippen LogP contribution in [0.3, 0.4) is 0 Å². The molecule has 1 aromatic carbocycles. The number of likely N-dealkylation sites (tertiary alicyclic amines) is 2. The van der Waals surface area contributed by atoms with Crippen LogP contribution in [0.5, 0.6) is 5.75 Å². The van der Waals surface area contributed by atoms with Crippen LogP contribution in [0.2, 0.25) is 0 Å². The molecular formula is C26H36F3N5O2. The lowest BCUT2D eigenvalue weighted by Crippen LogP contribution is -2.48. The predicted molar refractivity (Wildman–Crippen MR) is 130 cm³/mol. The van der Waals surface area contributed by atoms with Crippen molar-refractivity contribution < 1.29 is 22.7 Å². The Hall–Kier alpha value is -2.59. The Morgan fingerprint density at radius 3 is 2.78 bits per heavy atom. The van der Waals surface area contributed by atoms with Gasteiger partial charge in [-0.3, -0.25) is 9.69 Å². The molecule has 3 atom stereocenters. The van der Waals surface area contributed by atoms with Crippen LogP contribution in [0, 0.1) is 11.8 Å². The van der Waals surface area contributed by atoms with Gasteiger partial charge < -0.3 is 19.5 Å². The van der Waals surface area contributed by atoms with Crippen LogP contribution in [-0.4, -0.2) is 71.1 Å². The molecule has 2 aliphatic rings. The second-order valence-corrected chi connectivity index (χ2v) is 10.1. The number of hydrogen-bond donors (Lipinski definition) is 1. The zero-order chi connectivity index (χ0) is 25.7. The molecule has 0 aliphatic carbocycles. The van der Waals surface area contributed by atoms with E-state index in [-0.39, 0.29) is 30.1 Å². The van der Waals surface area contributed by atoms with Crippen LogP contribution < -0.4 is 10.1 Å². The first-order chi connectivity index (χ1) is 17.2. The number of piperidine rings is 1. The second kappa shape index (κ2) is 11.6. The number of amides is 1. The molecule has 0 spiro atoms. The van der Waals surface area contributed by atoms with Crippen LogP contribution in [0.4, 0.5) is 13.2 Å². The third-order valence-electron chi connectivity index (χ3n) is 7.36. The van der Waals surface area contributed by atoms with Crippen LogP contribution in [0.15, 0.2) is 36.7 Å². The van der Waals surface area contributed by atoms with Gasteiger partial charge in [0.2, 0.25) is 5.91 Å². The molecule has 3 heterocycles. The molecule has 1 N–H and O–H groups in total. The van der Waals surface area contributed by atoms with Crippen LogP contribution in [0.25, 0.3) is 0 Å². The van der Waals surface area contributed by atoms with E-state index in [1.807, 2.05) is 17.8 Å². The van der Waals surface area contributed by atoms with Gasteiger partial charge in [-0.1, -0.05) is 6.07 Å². The van der Waals surface area contributed by atoms with Crippen molar-refractivity contribution in [1.29, 1.82) is 0 Å². The molecule has 2 aromatic rings. The number of halogens is 3. The SMILES string of the molecule is CN1CCCC1CCNC(=O)[C@@H]1C[C@H](COc2cccc(C(F)(F)F)c2)CN(Cc2nccn2C)C1. The Morgan fingerprint density at radius 1 is 1.25 bits per heavy atom. The van der Waals surface area contributed by atoms with E-state index in [1.54, 1.807) is 6.20 Å². The summed E-state index contributed by atoms with van der Waals surface area (Å²) in [5.74, 6) is 0.913. The summed E-state index contributed by atoms with van der Waals surface area (Å²) in [6, 6.07) is 5.47. The van der Waals surface area contributed by atoms with Gasteiger partial charge in [-0.05, 0) is 57.5 Å². The molecule has 36 heavy (non-hydrogen) atoms. The first-order valence-corrected chi connectivity index (χ1v) is 12.7. The molecule has 2 aliphatic heterocycles. The van der Waals surface area contributed by atoms with E-state index in [0.717, 1.165) is 30.9 Å². The lowest BCUT2D eigenvalue weighted by atomic mass is 9.88. The third kappa shape index (κ3) is 7.00. The minimum atomic E-state index is -4.42. The van der Waals surface area contributed by atoms with Gasteiger partial charge in [-0.15, -0.1) is 0 Å². The fraction of sp³-hybridized carbons (Fsp3) is 0.615. The predicted octanol–water partition coefficient (Wildman–Crippen LogP) is 3.56. The summed E-state index contributed by atoms with van der Waals surface area (Å²) in [6.07, 6.45) is 3.16. The minimum absolute atomic E-state index is 0.00489. The number of aryl methyl sites for hydroxylation is 1. The lowest BCUT2D eigenvalue weighted by Gasteiger charge is -2.37. The van der Waals surface area contributed by atoms with Crippen molar-refractivity contribution >= 4 is 5.91 Å². The van der Waals surface area contributed by atoms with Gasteiger partial charge in [-0.2, -0.15) is 13.2 Å². The number of imidazole rings is 1. The van der Waals surface area contributed by atoms with E-state index in [9.17, 15) is 18.0 Å². The number of ether oxygens (including phenoxy) is 1. The molecule has 2 saturated heterocycles. The highest BCUT2D eigenvalue weighted by Crippen LogP contribution is 2.32. The number of nitrogens with zero attached hydrogens (tertiary/aromatic N) is 4. The Morgan fingerprint density at radius 2 is 2.08 bits per heavy atom. The number of hydrogen-bond acceptors (Lipinski definition) is 5. The number of aromatic nitrogens is 2. The number of benzene rings is 1. The zero-order valence-corrected chi connectivity index (χ0v) is 21.0. The van der Waals surface area contributed by atoms with Gasteiger partial charge in [0.25, 0.3) is 0 Å². The highest BCUT2D eigenvalue weighted by molar-refractivity contribution is 5.79. The van der Waals surface area contributed by atoms with Gasteiger partial charge in [0.15, 0.2) is 0 Å². The van der Waals surface area contributed by atoms with Crippen LogP contribution >= 0.6 is 0 Å². The molecule has 0 saturated carbocycles. The van der Waals surface area contributed by atoms with Crippen molar-refractivity contribution in [2.75, 3.05) is 39.8 Å². The number of nitrogens with one attached hydrogen (secondary N) is 1. The van der Waals surface area contributed by atoms with Crippen molar-refractivity contribution in [3.05, 3.63) is 48.0 Å². The standard InChI is InChI=1S/C26H36F3N5O2/c1-32-11-4-6-22(32)8-9-31-25(35)20-13-19(15-34(16-20)17-24-30-10-12-33(24)2)18-36-23-7-3-5-21(14-23)26(27,28)29/h3,5,7,10,12,14,19-20,22H,4,6,8-9,11,13,15-18H2,1-2H3,(H,31,35)/t19-,20+,22?/m0/s1. The van der Waals surface area contributed by atoms with Gasteiger partial charge in [-0.25, -0.2) is 4.98 Å². The fourth-order valence-electron chi connectivity index (χ4n) is 5.32. The molecule has 10 heteroatoms. The number of carbonyl (C=O) groups excluding carboxylic acids is 1. The van der Waals surface area contributed by atoms with E-state index in [2.05, 4.69) is 27.1 Å². The van der Waals surface area contributed by atoms with Gasteiger partial charge in [0, 0.05) is 51.0 Å². The maximum Gasteiger partial charge on any atom is 0.416 e. The topological polar surface area (TPSA) is 62.6 Å². The highest BCUT2D eigenvalue weighted by atomic mass is 19.4. The van der Waals surface area contributed by atoms with Crippen molar-refractivity contribution in [2.24, 2.45) is 18.9 Å². The number of alkyl halides is 3. The largest absolute Gasteiger partial charge is 0.493 e. The minimum Gasteiger partial charge on any atom is -0.493 e. The van der Waals surface area contributed by atoms with Crippen molar-refractivity contribution in [2.45, 2.75) is 44.4 Å². The summed E-state index contributed by atoms with van der Waals surface area (Å²) in [5, 5.41) is 3.13. The molecule has 4 rings (SSSR count). The molecule has 1 amide bonds. The van der Waals surface area contributed by atoms with Crippen molar-refractivity contribution in [3.63, 3.8) is 0 Å². The van der Waals surface area contributed by atoms with Crippen LogP contribution in [0.1, 0.15) is 37.1 Å². The molecule has 0 bridgehead atoms. The van der Waals surface area contributed by atoms with E-state index >= 15 is 0 Å². The number of rotatable bonds is 9. The molecule has 1 unspecified atom stereocenters. The maximum absolute atomic E-state index is 13.1. The maximum atomic E-state index is 13.1. The van der Waals surface area contributed by atoms with Gasteiger partial charge in [0.1, 0.15) is 11.6 Å². The summed E-state index contributed by atoms with van der Waals surface area (Å²) in [6.45, 7) is 3.89. The van der Waals surface area contributed by atoms with E-state index in [1.165, 1.54) is 25.0 Å². The normalized spacial score (nSPS) is 23.6. The quantitative estimate of drug-likeness (QED) is 0.563. The summed E-state index contributed by atoms with van der Waals surface area (Å²) >= 11 is 0. The zero-order valence-electron chi connectivity index (χ0n) is 21.0. The Balaban J connectivity index is 1.37. The third-order valence-corrected chi connectivity index (χ3v) is 7.36. The fourth-order valence-corrected chi connectivity index (χ4v) is 5.32. The molecular weight excluding hydrogens is 471 g/mol. The number of carbonyl (C=O) groups is 1. The van der Waals surface area contributed by atoms with Crippen LogP contribution in [-0.2, 0) is 24.6 Å². The van der Waals surface area contributed by atoms with E-state index < -0.39 is 11.7 Å².